The van der Waals surface area contributed by atoms with Crippen molar-refractivity contribution in [2.45, 2.75) is 26.3 Å². The summed E-state index contributed by atoms with van der Waals surface area (Å²) in [5.74, 6) is 0.517. The number of methoxy groups -OCH3 is 1. The molecule has 0 spiro atoms. The van der Waals surface area contributed by atoms with Crippen molar-refractivity contribution in [1.82, 2.24) is 25.5 Å². The first kappa shape index (κ1) is 14.3. The minimum atomic E-state index is -0.122. The molecule has 1 unspecified atom stereocenters. The van der Waals surface area contributed by atoms with Gasteiger partial charge in [-0.05, 0) is 26.5 Å². The number of rotatable bonds is 5. The van der Waals surface area contributed by atoms with Gasteiger partial charge in [0, 0.05) is 18.0 Å². The molecular weight excluding hydrogens is 254 g/mol. The van der Waals surface area contributed by atoms with Gasteiger partial charge >= 0.3 is 0 Å². The molecule has 0 saturated heterocycles. The highest BCUT2D eigenvalue weighted by Crippen LogP contribution is 2.27. The predicted molar refractivity (Wildman–Crippen MR) is 75.6 cm³/mol. The summed E-state index contributed by atoms with van der Waals surface area (Å²) in [5.41, 5.74) is 3.63. The molecule has 0 aliphatic rings. The zero-order chi connectivity index (χ0) is 14.5. The molecule has 20 heavy (non-hydrogen) atoms. The topological polar surface area (TPSA) is 72.8 Å². The SMILES string of the molecule is CCc1nnc(C)cc1C(NC)c1nccnc1OC. The van der Waals surface area contributed by atoms with Gasteiger partial charge in [0.2, 0.25) is 5.88 Å². The molecule has 0 saturated carbocycles. The summed E-state index contributed by atoms with van der Waals surface area (Å²) in [6, 6.07) is 1.91. The fourth-order valence-electron chi connectivity index (χ4n) is 2.19. The van der Waals surface area contributed by atoms with Crippen LogP contribution >= 0.6 is 0 Å². The van der Waals surface area contributed by atoms with Crippen molar-refractivity contribution < 1.29 is 4.74 Å². The number of hydrogen-bond acceptors (Lipinski definition) is 6. The molecule has 2 heterocycles. The Morgan fingerprint density at radius 3 is 2.65 bits per heavy atom. The molecule has 0 bridgehead atoms. The van der Waals surface area contributed by atoms with Crippen LogP contribution in [0.2, 0.25) is 0 Å². The molecule has 0 aliphatic heterocycles. The van der Waals surface area contributed by atoms with Crippen LogP contribution in [-0.2, 0) is 6.42 Å². The summed E-state index contributed by atoms with van der Waals surface area (Å²) in [5, 5.41) is 11.6. The normalized spacial score (nSPS) is 12.2. The first-order valence-electron chi connectivity index (χ1n) is 6.56. The number of hydrogen-bond donors (Lipinski definition) is 1. The fraction of sp³-hybridized carbons (Fsp3) is 0.429. The van der Waals surface area contributed by atoms with Crippen LogP contribution in [0.15, 0.2) is 18.5 Å². The predicted octanol–water partition coefficient (Wildman–Crippen LogP) is 1.45. The van der Waals surface area contributed by atoms with Crippen molar-refractivity contribution in [1.29, 1.82) is 0 Å². The summed E-state index contributed by atoms with van der Waals surface area (Å²) in [4.78, 5) is 8.61. The van der Waals surface area contributed by atoms with Gasteiger partial charge in [0.25, 0.3) is 0 Å². The van der Waals surface area contributed by atoms with Crippen LogP contribution in [0.3, 0.4) is 0 Å². The van der Waals surface area contributed by atoms with Crippen LogP contribution in [-0.4, -0.2) is 34.3 Å². The maximum Gasteiger partial charge on any atom is 0.237 e. The van der Waals surface area contributed by atoms with E-state index in [0.717, 1.165) is 29.1 Å². The Morgan fingerprint density at radius 1 is 1.25 bits per heavy atom. The lowest BCUT2D eigenvalue weighted by Gasteiger charge is -2.19. The van der Waals surface area contributed by atoms with E-state index in [1.54, 1.807) is 19.5 Å². The molecule has 2 aromatic heterocycles. The molecular formula is C14H19N5O. The average Bonchev–Trinajstić information content (AvgIpc) is 2.49. The van der Waals surface area contributed by atoms with Crippen molar-refractivity contribution >= 4 is 0 Å². The Bertz CT molecular complexity index is 588. The summed E-state index contributed by atoms with van der Waals surface area (Å²) in [7, 11) is 3.48. The van der Waals surface area contributed by atoms with Crippen LogP contribution in [0.4, 0.5) is 0 Å². The van der Waals surface area contributed by atoms with Crippen molar-refractivity contribution in [3.05, 3.63) is 41.1 Å². The average molecular weight is 273 g/mol. The molecule has 6 nitrogen and oxygen atoms in total. The first-order chi connectivity index (χ1) is 9.71. The minimum Gasteiger partial charge on any atom is -0.480 e. The summed E-state index contributed by atoms with van der Waals surface area (Å²) >= 11 is 0. The third kappa shape index (κ3) is 2.75. The Labute approximate surface area is 118 Å². The molecule has 6 heteroatoms. The standard InChI is InChI=1S/C14H19N5O/c1-5-11-10(8-9(2)18-19-11)12(15-3)13-14(20-4)17-7-6-16-13/h6-8,12,15H,5H2,1-4H3. The van der Waals surface area contributed by atoms with E-state index in [0.29, 0.717) is 5.88 Å². The number of aryl methyl sites for hydroxylation is 2. The van der Waals surface area contributed by atoms with Gasteiger partial charge in [-0.1, -0.05) is 6.92 Å². The highest BCUT2D eigenvalue weighted by atomic mass is 16.5. The summed E-state index contributed by atoms with van der Waals surface area (Å²) in [6.45, 7) is 3.99. The third-order valence-electron chi connectivity index (χ3n) is 3.12. The van der Waals surface area contributed by atoms with Crippen molar-refractivity contribution in [2.75, 3.05) is 14.2 Å². The van der Waals surface area contributed by atoms with Crippen molar-refractivity contribution in [2.24, 2.45) is 0 Å². The highest BCUT2D eigenvalue weighted by Gasteiger charge is 2.22. The lowest BCUT2D eigenvalue weighted by molar-refractivity contribution is 0.384. The lowest BCUT2D eigenvalue weighted by Crippen LogP contribution is -2.22. The molecule has 0 amide bonds. The second-order valence-corrected chi connectivity index (χ2v) is 4.41. The Morgan fingerprint density at radius 2 is 2.00 bits per heavy atom. The van der Waals surface area contributed by atoms with Gasteiger partial charge in [-0.25, -0.2) is 4.98 Å². The van der Waals surface area contributed by atoms with Gasteiger partial charge in [0.05, 0.1) is 24.5 Å². The zero-order valence-electron chi connectivity index (χ0n) is 12.2. The zero-order valence-corrected chi connectivity index (χ0v) is 12.2. The Kier molecular flexibility index (Phi) is 4.57. The van der Waals surface area contributed by atoms with Gasteiger partial charge in [-0.15, -0.1) is 0 Å². The van der Waals surface area contributed by atoms with Crippen LogP contribution in [0.1, 0.15) is 35.6 Å². The van der Waals surface area contributed by atoms with Gasteiger partial charge in [0.1, 0.15) is 5.69 Å². The van der Waals surface area contributed by atoms with E-state index in [2.05, 4.69) is 32.4 Å². The van der Waals surface area contributed by atoms with E-state index in [1.165, 1.54) is 0 Å². The van der Waals surface area contributed by atoms with Crippen molar-refractivity contribution in [3.8, 4) is 5.88 Å². The van der Waals surface area contributed by atoms with E-state index in [9.17, 15) is 0 Å². The molecule has 106 valence electrons. The van der Waals surface area contributed by atoms with Crippen LogP contribution < -0.4 is 10.1 Å². The monoisotopic (exact) mass is 273 g/mol. The molecule has 0 aromatic carbocycles. The van der Waals surface area contributed by atoms with E-state index in [4.69, 9.17) is 4.74 Å². The third-order valence-corrected chi connectivity index (χ3v) is 3.12. The molecule has 0 aliphatic carbocycles. The van der Waals surface area contributed by atoms with E-state index in [-0.39, 0.29) is 6.04 Å². The summed E-state index contributed by atoms with van der Waals surface area (Å²) in [6.07, 6.45) is 4.09. The fourth-order valence-corrected chi connectivity index (χ4v) is 2.19. The van der Waals surface area contributed by atoms with Crippen LogP contribution in [0.5, 0.6) is 5.88 Å². The second-order valence-electron chi connectivity index (χ2n) is 4.41. The van der Waals surface area contributed by atoms with Gasteiger partial charge in [-0.3, -0.25) is 4.98 Å². The largest absolute Gasteiger partial charge is 0.480 e. The van der Waals surface area contributed by atoms with Gasteiger partial charge < -0.3 is 10.1 Å². The van der Waals surface area contributed by atoms with Crippen LogP contribution in [0, 0.1) is 6.92 Å². The summed E-state index contributed by atoms with van der Waals surface area (Å²) < 4.78 is 5.30. The quantitative estimate of drug-likeness (QED) is 0.889. The first-order valence-corrected chi connectivity index (χ1v) is 6.56. The van der Waals surface area contributed by atoms with E-state index < -0.39 is 0 Å². The second kappa shape index (κ2) is 6.38. The molecule has 0 radical (unpaired) electrons. The smallest absolute Gasteiger partial charge is 0.237 e. The number of ether oxygens (including phenoxy) is 1. The molecule has 2 aromatic rings. The number of aromatic nitrogens is 4. The molecule has 2 rings (SSSR count). The minimum absolute atomic E-state index is 0.122. The maximum atomic E-state index is 5.30. The molecule has 1 N–H and O–H groups in total. The van der Waals surface area contributed by atoms with Crippen LogP contribution in [0.25, 0.3) is 0 Å². The highest BCUT2D eigenvalue weighted by molar-refractivity contribution is 5.35. The Balaban J connectivity index is 2.55. The number of nitrogens with one attached hydrogen (secondary N) is 1. The van der Waals surface area contributed by atoms with E-state index in [1.807, 2.05) is 20.0 Å². The maximum absolute atomic E-state index is 5.30. The number of nitrogens with zero attached hydrogens (tertiary/aromatic N) is 4. The van der Waals surface area contributed by atoms with Gasteiger partial charge in [-0.2, -0.15) is 10.2 Å². The Hall–Kier alpha value is -2.08. The molecule has 1 atom stereocenters. The van der Waals surface area contributed by atoms with E-state index >= 15 is 0 Å². The molecule has 0 fully saturated rings. The lowest BCUT2D eigenvalue weighted by atomic mass is 10.0. The van der Waals surface area contributed by atoms with Gasteiger partial charge in [0.15, 0.2) is 0 Å². The van der Waals surface area contributed by atoms with Crippen molar-refractivity contribution in [3.63, 3.8) is 0 Å².